The third-order valence-corrected chi connectivity index (χ3v) is 2.87. The molecule has 0 saturated carbocycles. The number of rotatable bonds is 4. The van der Waals surface area contributed by atoms with Crippen molar-refractivity contribution in [3.05, 3.63) is 53.2 Å². The van der Waals surface area contributed by atoms with Gasteiger partial charge in [-0.3, -0.25) is 9.78 Å². The number of amides is 1. The first kappa shape index (κ1) is 13.9. The molecule has 1 amide bonds. The third kappa shape index (κ3) is 3.09. The molecule has 0 radical (unpaired) electrons. The lowest BCUT2D eigenvalue weighted by molar-refractivity contribution is 0.0950. The SMILES string of the molecule is CNc1ncc(F)cc1C(=O)NCc1ncccc1C. The van der Waals surface area contributed by atoms with Gasteiger partial charge in [0.1, 0.15) is 11.6 Å². The van der Waals surface area contributed by atoms with Crippen molar-refractivity contribution in [2.45, 2.75) is 13.5 Å². The maximum Gasteiger partial charge on any atom is 0.255 e. The first-order valence-electron chi connectivity index (χ1n) is 6.14. The van der Waals surface area contributed by atoms with E-state index in [0.717, 1.165) is 23.5 Å². The number of nitrogens with one attached hydrogen (secondary N) is 2. The van der Waals surface area contributed by atoms with Gasteiger partial charge in [-0.25, -0.2) is 9.37 Å². The molecule has 0 aliphatic carbocycles. The zero-order valence-corrected chi connectivity index (χ0v) is 11.3. The number of hydrogen-bond donors (Lipinski definition) is 2. The lowest BCUT2D eigenvalue weighted by Crippen LogP contribution is -2.25. The van der Waals surface area contributed by atoms with E-state index in [2.05, 4.69) is 20.6 Å². The van der Waals surface area contributed by atoms with Crippen LogP contribution >= 0.6 is 0 Å². The van der Waals surface area contributed by atoms with Crippen LogP contribution in [-0.4, -0.2) is 22.9 Å². The highest BCUT2D eigenvalue weighted by Gasteiger charge is 2.13. The van der Waals surface area contributed by atoms with Gasteiger partial charge in [-0.1, -0.05) is 6.07 Å². The molecule has 2 aromatic rings. The molecule has 0 aromatic carbocycles. The van der Waals surface area contributed by atoms with E-state index >= 15 is 0 Å². The summed E-state index contributed by atoms with van der Waals surface area (Å²) in [5.41, 5.74) is 1.93. The normalized spacial score (nSPS) is 10.2. The minimum absolute atomic E-state index is 0.168. The molecule has 2 aromatic heterocycles. The Labute approximate surface area is 116 Å². The topological polar surface area (TPSA) is 66.9 Å². The second kappa shape index (κ2) is 6.10. The monoisotopic (exact) mass is 274 g/mol. The number of halogens is 1. The molecule has 2 N–H and O–H groups in total. The Bertz CT molecular complexity index is 630. The summed E-state index contributed by atoms with van der Waals surface area (Å²) in [6.45, 7) is 2.20. The van der Waals surface area contributed by atoms with Crippen LogP contribution in [0.1, 0.15) is 21.6 Å². The Morgan fingerprint density at radius 1 is 1.40 bits per heavy atom. The Morgan fingerprint density at radius 3 is 2.90 bits per heavy atom. The molecule has 0 fully saturated rings. The average Bonchev–Trinajstić information content (AvgIpc) is 2.46. The minimum atomic E-state index is -0.553. The van der Waals surface area contributed by atoms with E-state index in [1.54, 1.807) is 13.2 Å². The van der Waals surface area contributed by atoms with Crippen molar-refractivity contribution in [3.8, 4) is 0 Å². The second-order valence-electron chi connectivity index (χ2n) is 4.25. The van der Waals surface area contributed by atoms with Crippen molar-refractivity contribution < 1.29 is 9.18 Å². The van der Waals surface area contributed by atoms with Gasteiger partial charge in [0, 0.05) is 13.2 Å². The summed E-state index contributed by atoms with van der Waals surface area (Å²) in [6, 6.07) is 4.90. The Balaban J connectivity index is 2.13. The molecular formula is C14H15FN4O. The maximum atomic E-state index is 13.2. The number of anilines is 1. The number of hydrogen-bond acceptors (Lipinski definition) is 4. The van der Waals surface area contributed by atoms with Crippen LogP contribution in [0, 0.1) is 12.7 Å². The van der Waals surface area contributed by atoms with Crippen LogP contribution in [0.5, 0.6) is 0 Å². The van der Waals surface area contributed by atoms with Gasteiger partial charge in [-0.2, -0.15) is 0 Å². The summed E-state index contributed by atoms with van der Waals surface area (Å²) < 4.78 is 13.2. The summed E-state index contributed by atoms with van der Waals surface area (Å²) in [6.07, 6.45) is 2.72. The highest BCUT2D eigenvalue weighted by molar-refractivity contribution is 5.98. The highest BCUT2D eigenvalue weighted by Crippen LogP contribution is 2.13. The number of aromatic nitrogens is 2. The molecule has 0 bridgehead atoms. The number of aryl methyl sites for hydroxylation is 1. The van der Waals surface area contributed by atoms with Gasteiger partial charge in [0.15, 0.2) is 0 Å². The van der Waals surface area contributed by atoms with E-state index in [1.807, 2.05) is 19.1 Å². The molecule has 0 unspecified atom stereocenters. The van der Waals surface area contributed by atoms with Crippen molar-refractivity contribution in [2.24, 2.45) is 0 Å². The van der Waals surface area contributed by atoms with Crippen molar-refractivity contribution in [3.63, 3.8) is 0 Å². The molecule has 5 nitrogen and oxygen atoms in total. The Hall–Kier alpha value is -2.50. The Kier molecular flexibility index (Phi) is 4.24. The van der Waals surface area contributed by atoms with E-state index in [9.17, 15) is 9.18 Å². The quantitative estimate of drug-likeness (QED) is 0.893. The molecule has 0 spiro atoms. The third-order valence-electron chi connectivity index (χ3n) is 2.87. The summed E-state index contributed by atoms with van der Waals surface area (Å²) >= 11 is 0. The van der Waals surface area contributed by atoms with Gasteiger partial charge in [0.2, 0.25) is 0 Å². The molecule has 0 aliphatic heterocycles. The van der Waals surface area contributed by atoms with Crippen molar-refractivity contribution >= 4 is 11.7 Å². The smallest absolute Gasteiger partial charge is 0.255 e. The van der Waals surface area contributed by atoms with Crippen LogP contribution in [0.2, 0.25) is 0 Å². The predicted octanol–water partition coefficient (Wildman–Crippen LogP) is 1.90. The lowest BCUT2D eigenvalue weighted by Gasteiger charge is -2.09. The van der Waals surface area contributed by atoms with Gasteiger partial charge in [-0.15, -0.1) is 0 Å². The summed E-state index contributed by atoms with van der Waals surface area (Å²) in [7, 11) is 1.62. The first-order chi connectivity index (χ1) is 9.61. The van der Waals surface area contributed by atoms with E-state index in [-0.39, 0.29) is 12.1 Å². The zero-order chi connectivity index (χ0) is 14.5. The number of nitrogens with zero attached hydrogens (tertiary/aromatic N) is 2. The standard InChI is InChI=1S/C14H15FN4O/c1-9-4-3-5-17-12(9)8-19-14(20)11-6-10(15)7-18-13(11)16-2/h3-7H,8H2,1-2H3,(H,16,18)(H,19,20). The first-order valence-corrected chi connectivity index (χ1v) is 6.14. The fourth-order valence-electron chi connectivity index (χ4n) is 1.77. The van der Waals surface area contributed by atoms with Gasteiger partial charge in [0.25, 0.3) is 5.91 Å². The van der Waals surface area contributed by atoms with Crippen molar-refractivity contribution in [2.75, 3.05) is 12.4 Å². The van der Waals surface area contributed by atoms with Crippen LogP contribution in [0.3, 0.4) is 0 Å². The number of pyridine rings is 2. The van der Waals surface area contributed by atoms with Crippen LogP contribution in [0.4, 0.5) is 10.2 Å². The summed E-state index contributed by atoms with van der Waals surface area (Å²) in [5.74, 6) is -0.615. The molecular weight excluding hydrogens is 259 g/mol. The van der Waals surface area contributed by atoms with Crippen molar-refractivity contribution in [1.82, 2.24) is 15.3 Å². The summed E-state index contributed by atoms with van der Waals surface area (Å²) in [4.78, 5) is 20.1. The molecule has 0 aliphatic rings. The van der Waals surface area contributed by atoms with Gasteiger partial charge < -0.3 is 10.6 Å². The maximum absolute atomic E-state index is 13.2. The van der Waals surface area contributed by atoms with Crippen LogP contribution in [0.15, 0.2) is 30.6 Å². The van der Waals surface area contributed by atoms with E-state index in [4.69, 9.17) is 0 Å². The van der Waals surface area contributed by atoms with E-state index < -0.39 is 11.7 Å². The van der Waals surface area contributed by atoms with Gasteiger partial charge in [-0.05, 0) is 24.6 Å². The molecule has 6 heteroatoms. The van der Waals surface area contributed by atoms with Crippen molar-refractivity contribution in [1.29, 1.82) is 0 Å². The van der Waals surface area contributed by atoms with Crippen LogP contribution < -0.4 is 10.6 Å². The summed E-state index contributed by atoms with van der Waals surface area (Å²) in [5, 5.41) is 5.47. The van der Waals surface area contributed by atoms with Gasteiger partial charge in [0.05, 0.1) is 24.0 Å². The molecule has 0 atom stereocenters. The second-order valence-corrected chi connectivity index (χ2v) is 4.25. The number of carbonyl (C=O) groups is 1. The molecule has 2 heterocycles. The van der Waals surface area contributed by atoms with Crippen LogP contribution in [-0.2, 0) is 6.54 Å². The largest absolute Gasteiger partial charge is 0.372 e. The zero-order valence-electron chi connectivity index (χ0n) is 11.3. The molecule has 20 heavy (non-hydrogen) atoms. The fraction of sp³-hybridized carbons (Fsp3) is 0.214. The fourth-order valence-corrected chi connectivity index (χ4v) is 1.77. The number of carbonyl (C=O) groups excluding carboxylic acids is 1. The predicted molar refractivity (Wildman–Crippen MR) is 73.9 cm³/mol. The minimum Gasteiger partial charge on any atom is -0.372 e. The molecule has 104 valence electrons. The lowest BCUT2D eigenvalue weighted by atomic mass is 10.2. The van der Waals surface area contributed by atoms with Crippen LogP contribution in [0.25, 0.3) is 0 Å². The Morgan fingerprint density at radius 2 is 2.20 bits per heavy atom. The highest BCUT2D eigenvalue weighted by atomic mass is 19.1. The van der Waals surface area contributed by atoms with Gasteiger partial charge >= 0.3 is 0 Å². The average molecular weight is 274 g/mol. The molecule has 0 saturated heterocycles. The molecule has 2 rings (SSSR count). The van der Waals surface area contributed by atoms with E-state index in [0.29, 0.717) is 5.82 Å². The van der Waals surface area contributed by atoms with E-state index in [1.165, 1.54) is 0 Å².